The lowest BCUT2D eigenvalue weighted by molar-refractivity contribution is -0.149. The number of anilines is 1. The average Bonchev–Trinajstić information content (AvgIpc) is 3.30. The molecule has 0 bridgehead atoms. The molecule has 3 N–H and O–H groups in total. The number of aliphatic hydroxyl groups excluding tert-OH is 1. The predicted molar refractivity (Wildman–Crippen MR) is 118 cm³/mol. The van der Waals surface area contributed by atoms with Gasteiger partial charge in [-0.2, -0.15) is 0 Å². The summed E-state index contributed by atoms with van der Waals surface area (Å²) in [6.07, 6.45) is -0.00821. The minimum Gasteiger partial charge on any atom is -0.446 e. The molecule has 33 heavy (non-hydrogen) atoms. The third-order valence-corrected chi connectivity index (χ3v) is 6.97. The van der Waals surface area contributed by atoms with Gasteiger partial charge < -0.3 is 24.5 Å². The number of β-amino-alcohol motifs (C(OH)–C–C–N with tert-alkyl or cyclic N) is 1. The number of para-hydroxylation sites is 1. The molecule has 0 aromatic heterocycles. The van der Waals surface area contributed by atoms with Gasteiger partial charge in [-0.05, 0) is 37.8 Å². The monoisotopic (exact) mass is 460 g/mol. The lowest BCUT2D eigenvalue weighted by Crippen LogP contribution is -2.53. The summed E-state index contributed by atoms with van der Waals surface area (Å²) in [4.78, 5) is 43.6. The number of piperazine rings is 1. The Kier molecular flexibility index (Phi) is 7.34. The highest BCUT2D eigenvalue weighted by Crippen LogP contribution is 2.34. The zero-order chi connectivity index (χ0) is 23.4. The maximum absolute atomic E-state index is 13.3. The summed E-state index contributed by atoms with van der Waals surface area (Å²) in [5, 5.41) is 18.9. The van der Waals surface area contributed by atoms with Crippen molar-refractivity contribution in [2.24, 2.45) is 11.8 Å². The van der Waals surface area contributed by atoms with Gasteiger partial charge in [0.25, 0.3) is 0 Å². The molecule has 4 atom stereocenters. The van der Waals surface area contributed by atoms with E-state index in [9.17, 15) is 24.7 Å². The van der Waals surface area contributed by atoms with Gasteiger partial charge in [0.15, 0.2) is 0 Å². The molecule has 10 nitrogen and oxygen atoms in total. The first-order valence-corrected chi connectivity index (χ1v) is 11.6. The first-order valence-electron chi connectivity index (χ1n) is 11.6. The number of amides is 3. The van der Waals surface area contributed by atoms with Crippen molar-refractivity contribution in [3.8, 4) is 0 Å². The minimum absolute atomic E-state index is 0.0937. The van der Waals surface area contributed by atoms with Gasteiger partial charge in [-0.1, -0.05) is 18.2 Å². The smallest absolute Gasteiger partial charge is 0.410 e. The molecule has 2 saturated heterocycles. The quantitative estimate of drug-likeness (QED) is 0.449. The second kappa shape index (κ2) is 10.4. The van der Waals surface area contributed by atoms with E-state index in [0.29, 0.717) is 52.0 Å². The molecule has 2 aliphatic heterocycles. The summed E-state index contributed by atoms with van der Waals surface area (Å²) in [6, 6.07) is 10.0. The third kappa shape index (κ3) is 5.39. The number of nitrogens with one attached hydrogen (secondary N) is 1. The van der Waals surface area contributed by atoms with Crippen molar-refractivity contribution in [3.63, 3.8) is 0 Å². The average molecular weight is 461 g/mol. The number of carbonyl (C=O) groups excluding carboxylic acids is 3. The van der Waals surface area contributed by atoms with Crippen LogP contribution in [0.5, 0.6) is 0 Å². The number of nitrogens with zero attached hydrogens (tertiary/aromatic N) is 3. The topological polar surface area (TPSA) is 123 Å². The van der Waals surface area contributed by atoms with Gasteiger partial charge in [0, 0.05) is 45.0 Å². The molecule has 0 radical (unpaired) electrons. The molecule has 1 aromatic carbocycles. The summed E-state index contributed by atoms with van der Waals surface area (Å²) in [5.74, 6) is -2.06. The number of ether oxygens (including phenoxy) is 1. The van der Waals surface area contributed by atoms with E-state index in [-0.39, 0.29) is 18.9 Å². The number of aliphatic hydroxyl groups is 1. The van der Waals surface area contributed by atoms with Crippen LogP contribution in [-0.2, 0) is 14.3 Å². The summed E-state index contributed by atoms with van der Waals surface area (Å²) in [6.45, 7) is 3.22. The normalized spacial score (nSPS) is 27.9. The second-order valence-corrected chi connectivity index (χ2v) is 9.04. The van der Waals surface area contributed by atoms with E-state index >= 15 is 0 Å². The van der Waals surface area contributed by atoms with Crippen molar-refractivity contribution < 1.29 is 29.4 Å². The Labute approximate surface area is 193 Å². The van der Waals surface area contributed by atoms with Crippen molar-refractivity contribution in [1.82, 2.24) is 15.3 Å². The molecule has 1 unspecified atom stereocenters. The number of hydrogen-bond donors (Lipinski definition) is 3. The van der Waals surface area contributed by atoms with Crippen LogP contribution in [0.15, 0.2) is 30.3 Å². The molecule has 1 aliphatic carbocycles. The number of benzene rings is 1. The lowest BCUT2D eigenvalue weighted by atomic mass is 9.76. The van der Waals surface area contributed by atoms with Crippen LogP contribution in [0.1, 0.15) is 25.7 Å². The zero-order valence-corrected chi connectivity index (χ0v) is 18.6. The van der Waals surface area contributed by atoms with E-state index in [2.05, 4.69) is 4.90 Å². The summed E-state index contributed by atoms with van der Waals surface area (Å²) < 4.78 is 5.57. The van der Waals surface area contributed by atoms with Crippen molar-refractivity contribution in [2.45, 2.75) is 37.9 Å². The summed E-state index contributed by atoms with van der Waals surface area (Å²) >= 11 is 0. The molecule has 3 amide bonds. The van der Waals surface area contributed by atoms with Crippen molar-refractivity contribution >= 4 is 23.6 Å². The molecular formula is C23H32N4O6. The fourth-order valence-corrected chi connectivity index (χ4v) is 5.09. The SMILES string of the molecule is O=C(NO)C1C[C@@H](OC(=O)N2CC[C@@H](O)C2)CC[C@@H]1C(=O)N1CCN(c2ccccc2)CC1. The summed E-state index contributed by atoms with van der Waals surface area (Å²) in [5.41, 5.74) is 2.80. The van der Waals surface area contributed by atoms with Gasteiger partial charge in [-0.25, -0.2) is 10.3 Å². The number of hydrogen-bond acceptors (Lipinski definition) is 7. The Hall–Kier alpha value is -2.85. The van der Waals surface area contributed by atoms with E-state index in [0.717, 1.165) is 5.69 Å². The van der Waals surface area contributed by atoms with Gasteiger partial charge in [0.05, 0.1) is 17.9 Å². The Morgan fingerprint density at radius 1 is 0.909 bits per heavy atom. The predicted octanol–water partition coefficient (Wildman–Crippen LogP) is 0.829. The number of rotatable bonds is 4. The van der Waals surface area contributed by atoms with Crippen LogP contribution in [0.3, 0.4) is 0 Å². The van der Waals surface area contributed by atoms with Crippen molar-refractivity contribution in [3.05, 3.63) is 30.3 Å². The van der Waals surface area contributed by atoms with Crippen LogP contribution in [0.4, 0.5) is 10.5 Å². The Morgan fingerprint density at radius 3 is 2.27 bits per heavy atom. The van der Waals surface area contributed by atoms with Gasteiger partial charge >= 0.3 is 6.09 Å². The first kappa shape index (κ1) is 23.3. The Bertz CT molecular complexity index is 845. The van der Waals surface area contributed by atoms with E-state index < -0.39 is 36.0 Å². The van der Waals surface area contributed by atoms with Crippen LogP contribution in [0.25, 0.3) is 0 Å². The molecule has 0 spiro atoms. The van der Waals surface area contributed by atoms with E-state index in [1.165, 1.54) is 4.90 Å². The largest absolute Gasteiger partial charge is 0.446 e. The van der Waals surface area contributed by atoms with Crippen molar-refractivity contribution in [1.29, 1.82) is 0 Å². The zero-order valence-electron chi connectivity index (χ0n) is 18.6. The van der Waals surface area contributed by atoms with Crippen LogP contribution in [-0.4, -0.2) is 89.5 Å². The number of carbonyl (C=O) groups is 3. The minimum atomic E-state index is -0.773. The molecule has 180 valence electrons. The third-order valence-electron chi connectivity index (χ3n) is 6.97. The van der Waals surface area contributed by atoms with Crippen LogP contribution < -0.4 is 10.4 Å². The highest BCUT2D eigenvalue weighted by atomic mass is 16.6. The molecular weight excluding hydrogens is 428 g/mol. The maximum atomic E-state index is 13.3. The van der Waals surface area contributed by atoms with E-state index in [1.807, 2.05) is 30.3 Å². The molecule has 2 heterocycles. The van der Waals surface area contributed by atoms with Crippen LogP contribution in [0, 0.1) is 11.8 Å². The maximum Gasteiger partial charge on any atom is 0.410 e. The Morgan fingerprint density at radius 2 is 1.64 bits per heavy atom. The van der Waals surface area contributed by atoms with Crippen LogP contribution >= 0.6 is 0 Å². The van der Waals surface area contributed by atoms with E-state index in [4.69, 9.17) is 4.74 Å². The number of likely N-dealkylation sites (tertiary alicyclic amines) is 1. The molecule has 1 saturated carbocycles. The summed E-state index contributed by atoms with van der Waals surface area (Å²) in [7, 11) is 0. The highest BCUT2D eigenvalue weighted by molar-refractivity contribution is 5.87. The van der Waals surface area contributed by atoms with Gasteiger partial charge in [-0.15, -0.1) is 0 Å². The first-order chi connectivity index (χ1) is 16.0. The van der Waals surface area contributed by atoms with E-state index in [1.54, 1.807) is 10.4 Å². The fourth-order valence-electron chi connectivity index (χ4n) is 5.09. The molecule has 4 rings (SSSR count). The van der Waals surface area contributed by atoms with Gasteiger partial charge in [0.2, 0.25) is 11.8 Å². The molecule has 1 aromatic rings. The van der Waals surface area contributed by atoms with Crippen molar-refractivity contribution in [2.75, 3.05) is 44.2 Å². The second-order valence-electron chi connectivity index (χ2n) is 9.04. The molecule has 10 heteroatoms. The highest BCUT2D eigenvalue weighted by Gasteiger charge is 2.43. The Balaban J connectivity index is 1.34. The van der Waals surface area contributed by atoms with Gasteiger partial charge in [0.1, 0.15) is 6.10 Å². The van der Waals surface area contributed by atoms with Gasteiger partial charge in [-0.3, -0.25) is 14.8 Å². The number of hydroxylamine groups is 1. The van der Waals surface area contributed by atoms with Crippen LogP contribution in [0.2, 0.25) is 0 Å². The fraction of sp³-hybridized carbons (Fsp3) is 0.609. The lowest BCUT2D eigenvalue weighted by Gasteiger charge is -2.40. The molecule has 3 aliphatic rings. The molecule has 3 fully saturated rings. The standard InChI is InChI=1S/C23H32N4O6/c28-17-8-9-27(15-17)23(31)33-18-6-7-19(20(14-18)21(29)24-32)22(30)26-12-10-25(11-13-26)16-4-2-1-3-5-16/h1-5,17-20,28,32H,6-15H2,(H,24,29)/t17-,18+,19+,20?/m1/s1.